The van der Waals surface area contributed by atoms with Crippen molar-refractivity contribution in [2.24, 2.45) is 5.92 Å². The molecule has 86 valence electrons. The number of likely N-dealkylation sites (tertiary alicyclic amines) is 1. The number of rotatable bonds is 6. The zero-order chi connectivity index (χ0) is 11.1. The topological polar surface area (TPSA) is 48.3 Å². The van der Waals surface area contributed by atoms with E-state index < -0.39 is 0 Å². The van der Waals surface area contributed by atoms with Gasteiger partial charge in [-0.25, -0.2) is 0 Å². The Morgan fingerprint density at radius 1 is 1.67 bits per heavy atom. The second-order valence-corrected chi connectivity index (χ2v) is 4.11. The van der Waals surface area contributed by atoms with Crippen LogP contribution in [0.1, 0.15) is 13.3 Å². The molecule has 2 unspecified atom stereocenters. The molecule has 15 heavy (non-hydrogen) atoms. The molecule has 1 N–H and O–H groups in total. The van der Waals surface area contributed by atoms with Crippen molar-refractivity contribution in [1.82, 2.24) is 10.2 Å². The van der Waals surface area contributed by atoms with Crippen LogP contribution in [0, 0.1) is 17.2 Å². The monoisotopic (exact) mass is 211 g/mol. The highest BCUT2D eigenvalue weighted by Gasteiger charge is 2.24. The number of hydrogen-bond acceptors (Lipinski definition) is 4. The first-order chi connectivity index (χ1) is 7.30. The van der Waals surface area contributed by atoms with E-state index in [4.69, 9.17) is 10.00 Å². The van der Waals surface area contributed by atoms with Gasteiger partial charge in [-0.2, -0.15) is 5.26 Å². The van der Waals surface area contributed by atoms with Gasteiger partial charge in [-0.15, -0.1) is 0 Å². The van der Waals surface area contributed by atoms with E-state index in [1.54, 1.807) is 7.11 Å². The molecule has 0 aliphatic carbocycles. The van der Waals surface area contributed by atoms with Crippen LogP contribution in [0.5, 0.6) is 0 Å². The molecule has 1 saturated heterocycles. The van der Waals surface area contributed by atoms with E-state index in [9.17, 15) is 0 Å². The number of likely N-dealkylation sites (N-methyl/N-ethyl adjacent to an activating group) is 1. The van der Waals surface area contributed by atoms with Crippen LogP contribution in [-0.4, -0.2) is 50.8 Å². The minimum atomic E-state index is -0.0312. The van der Waals surface area contributed by atoms with Crippen LogP contribution in [0.2, 0.25) is 0 Å². The highest BCUT2D eigenvalue weighted by atomic mass is 16.5. The Labute approximate surface area is 92.2 Å². The molecule has 1 aliphatic heterocycles. The quantitative estimate of drug-likeness (QED) is 0.693. The van der Waals surface area contributed by atoms with Crippen LogP contribution in [0.25, 0.3) is 0 Å². The smallest absolute Gasteiger partial charge is 0.108 e. The SMILES string of the molecule is CCNC(C#N)CN1CCC(COC)C1. The van der Waals surface area contributed by atoms with Gasteiger partial charge in [0.05, 0.1) is 12.7 Å². The fourth-order valence-electron chi connectivity index (χ4n) is 2.11. The molecular weight excluding hydrogens is 190 g/mol. The highest BCUT2D eigenvalue weighted by molar-refractivity contribution is 4.93. The molecule has 0 aromatic heterocycles. The highest BCUT2D eigenvalue weighted by Crippen LogP contribution is 2.16. The number of nitrogens with one attached hydrogen (secondary N) is 1. The Bertz CT molecular complexity index is 214. The molecule has 0 spiro atoms. The minimum Gasteiger partial charge on any atom is -0.384 e. The predicted octanol–water partition coefficient (Wildman–Crippen LogP) is 0.456. The lowest BCUT2D eigenvalue weighted by Gasteiger charge is -2.19. The van der Waals surface area contributed by atoms with Gasteiger partial charge in [0.15, 0.2) is 0 Å². The molecule has 1 rings (SSSR count). The average Bonchev–Trinajstić information content (AvgIpc) is 2.66. The van der Waals surface area contributed by atoms with Crippen LogP contribution < -0.4 is 5.32 Å². The van der Waals surface area contributed by atoms with Crippen molar-refractivity contribution >= 4 is 0 Å². The maximum atomic E-state index is 8.92. The third-order valence-electron chi connectivity index (χ3n) is 2.82. The molecule has 1 fully saturated rings. The van der Waals surface area contributed by atoms with Crippen LogP contribution in [-0.2, 0) is 4.74 Å². The van der Waals surface area contributed by atoms with Gasteiger partial charge in [0, 0.05) is 20.2 Å². The Hall–Kier alpha value is -0.630. The summed E-state index contributed by atoms with van der Waals surface area (Å²) in [7, 11) is 1.75. The third kappa shape index (κ3) is 4.17. The van der Waals surface area contributed by atoms with Crippen LogP contribution in [0.4, 0.5) is 0 Å². The van der Waals surface area contributed by atoms with Crippen LogP contribution in [0.3, 0.4) is 0 Å². The second kappa shape index (κ2) is 6.78. The molecule has 4 nitrogen and oxygen atoms in total. The fraction of sp³-hybridized carbons (Fsp3) is 0.909. The molecule has 0 aromatic rings. The third-order valence-corrected chi connectivity index (χ3v) is 2.82. The number of ether oxygens (including phenoxy) is 1. The maximum absolute atomic E-state index is 8.92. The van der Waals surface area contributed by atoms with E-state index in [0.29, 0.717) is 5.92 Å². The zero-order valence-corrected chi connectivity index (χ0v) is 9.70. The molecule has 2 atom stereocenters. The van der Waals surface area contributed by atoms with Crippen LogP contribution >= 0.6 is 0 Å². The second-order valence-electron chi connectivity index (χ2n) is 4.11. The lowest BCUT2D eigenvalue weighted by Crippen LogP contribution is -2.39. The number of nitriles is 1. The average molecular weight is 211 g/mol. The molecule has 0 aromatic carbocycles. The molecule has 1 aliphatic rings. The van der Waals surface area contributed by atoms with Gasteiger partial charge in [0.2, 0.25) is 0 Å². The first-order valence-electron chi connectivity index (χ1n) is 5.64. The normalized spacial score (nSPS) is 23.9. The van der Waals surface area contributed by atoms with Crippen molar-refractivity contribution < 1.29 is 4.74 Å². The van der Waals surface area contributed by atoms with Crippen molar-refractivity contribution in [3.63, 3.8) is 0 Å². The Morgan fingerprint density at radius 3 is 3.07 bits per heavy atom. The predicted molar refractivity (Wildman–Crippen MR) is 59.5 cm³/mol. The summed E-state index contributed by atoms with van der Waals surface area (Å²) in [5, 5.41) is 12.1. The molecule has 1 heterocycles. The first kappa shape index (κ1) is 12.4. The lowest BCUT2D eigenvalue weighted by atomic mass is 10.1. The van der Waals surface area contributed by atoms with Gasteiger partial charge in [-0.1, -0.05) is 6.92 Å². The van der Waals surface area contributed by atoms with E-state index in [0.717, 1.165) is 32.8 Å². The van der Waals surface area contributed by atoms with E-state index in [1.165, 1.54) is 6.42 Å². The van der Waals surface area contributed by atoms with Gasteiger partial charge >= 0.3 is 0 Å². The standard InChI is InChI=1S/C11H21N3O/c1-3-13-11(6-12)8-14-5-4-10(7-14)9-15-2/h10-11,13H,3-5,7-9H2,1-2H3. The Kier molecular flexibility index (Phi) is 5.62. The summed E-state index contributed by atoms with van der Waals surface area (Å²) < 4.78 is 5.15. The zero-order valence-electron chi connectivity index (χ0n) is 9.70. The summed E-state index contributed by atoms with van der Waals surface area (Å²) in [4.78, 5) is 2.35. The summed E-state index contributed by atoms with van der Waals surface area (Å²) in [6.07, 6.45) is 1.19. The Morgan fingerprint density at radius 2 is 2.47 bits per heavy atom. The first-order valence-corrected chi connectivity index (χ1v) is 5.64. The van der Waals surface area contributed by atoms with E-state index in [1.807, 2.05) is 6.92 Å². The van der Waals surface area contributed by atoms with Crippen molar-refractivity contribution in [3.05, 3.63) is 0 Å². The summed E-state index contributed by atoms with van der Waals surface area (Å²) in [5.74, 6) is 0.649. The lowest BCUT2D eigenvalue weighted by molar-refractivity contribution is 0.152. The van der Waals surface area contributed by atoms with E-state index in [-0.39, 0.29) is 6.04 Å². The molecule has 0 amide bonds. The van der Waals surface area contributed by atoms with Gasteiger partial charge < -0.3 is 15.0 Å². The van der Waals surface area contributed by atoms with Crippen molar-refractivity contribution in [2.45, 2.75) is 19.4 Å². The van der Waals surface area contributed by atoms with Crippen molar-refractivity contribution in [2.75, 3.05) is 39.9 Å². The summed E-state index contributed by atoms with van der Waals surface area (Å²) in [5.41, 5.74) is 0. The van der Waals surface area contributed by atoms with Crippen molar-refractivity contribution in [1.29, 1.82) is 5.26 Å². The number of nitrogens with zero attached hydrogens (tertiary/aromatic N) is 2. The molecule has 0 bridgehead atoms. The number of methoxy groups -OCH3 is 1. The molecule has 4 heteroatoms. The van der Waals surface area contributed by atoms with Gasteiger partial charge in [0.25, 0.3) is 0 Å². The molecule has 0 radical (unpaired) electrons. The summed E-state index contributed by atoms with van der Waals surface area (Å²) in [6.45, 7) is 6.73. The van der Waals surface area contributed by atoms with Gasteiger partial charge in [-0.3, -0.25) is 0 Å². The largest absolute Gasteiger partial charge is 0.384 e. The van der Waals surface area contributed by atoms with Gasteiger partial charge in [0.1, 0.15) is 6.04 Å². The molecular formula is C11H21N3O. The summed E-state index contributed by atoms with van der Waals surface area (Å²) >= 11 is 0. The maximum Gasteiger partial charge on any atom is 0.108 e. The molecule has 0 saturated carbocycles. The minimum absolute atomic E-state index is 0.0312. The van der Waals surface area contributed by atoms with Crippen molar-refractivity contribution in [3.8, 4) is 6.07 Å². The number of hydrogen-bond donors (Lipinski definition) is 1. The van der Waals surface area contributed by atoms with Crippen LogP contribution in [0.15, 0.2) is 0 Å². The fourth-order valence-corrected chi connectivity index (χ4v) is 2.11. The van der Waals surface area contributed by atoms with Gasteiger partial charge in [-0.05, 0) is 25.4 Å². The Balaban J connectivity index is 2.25. The van der Waals surface area contributed by atoms with E-state index in [2.05, 4.69) is 16.3 Å². The summed E-state index contributed by atoms with van der Waals surface area (Å²) in [6, 6.07) is 2.26. The van der Waals surface area contributed by atoms with E-state index >= 15 is 0 Å².